The molecule has 2 N–H and O–H groups in total. The zero-order valence-electron chi connectivity index (χ0n) is 27.9. The van der Waals surface area contributed by atoms with E-state index in [-0.39, 0.29) is 35.1 Å². The maximum Gasteiger partial charge on any atom is 0.420 e. The molecule has 0 radical (unpaired) electrons. The molecule has 1 aromatic carbocycles. The quantitative estimate of drug-likeness (QED) is 0.292. The Morgan fingerprint density at radius 2 is 1.67 bits per heavy atom. The van der Waals surface area contributed by atoms with E-state index >= 15 is 0 Å². The van der Waals surface area contributed by atoms with Gasteiger partial charge in [-0.2, -0.15) is 0 Å². The summed E-state index contributed by atoms with van der Waals surface area (Å²) in [5, 5.41) is 13.8. The maximum absolute atomic E-state index is 14.1. The number of carbonyl (C=O) groups is 3. The predicted octanol–water partition coefficient (Wildman–Crippen LogP) is 7.18. The summed E-state index contributed by atoms with van der Waals surface area (Å²) in [6.45, 7) is 7.30. The van der Waals surface area contributed by atoms with Gasteiger partial charge in [0.25, 0.3) is 5.91 Å². The number of carbonyl (C=O) groups excluding carboxylic acids is 3. The van der Waals surface area contributed by atoms with E-state index in [4.69, 9.17) is 19.2 Å². The van der Waals surface area contributed by atoms with Crippen LogP contribution in [-0.4, -0.2) is 50.9 Å². The Balaban J connectivity index is 1.36. The van der Waals surface area contributed by atoms with E-state index in [1.54, 1.807) is 19.1 Å². The summed E-state index contributed by atoms with van der Waals surface area (Å²) >= 11 is 0. The van der Waals surface area contributed by atoms with Crippen LogP contribution in [-0.2, 0) is 20.8 Å². The van der Waals surface area contributed by atoms with Gasteiger partial charge in [-0.1, -0.05) is 31.4 Å². The van der Waals surface area contributed by atoms with Crippen LogP contribution in [0.1, 0.15) is 148 Å². The van der Waals surface area contributed by atoms with Crippen molar-refractivity contribution in [3.05, 3.63) is 46.5 Å². The molecule has 4 bridgehead atoms. The van der Waals surface area contributed by atoms with Crippen molar-refractivity contribution in [1.29, 1.82) is 0 Å². The smallest absolute Gasteiger partial charge is 0.420 e. The third-order valence-corrected chi connectivity index (χ3v) is 10.5. The average Bonchev–Trinajstić information content (AvgIpc) is 3.39. The lowest BCUT2D eigenvalue weighted by molar-refractivity contribution is -0.169. The minimum atomic E-state index is -0.748. The lowest BCUT2D eigenvalue weighted by Crippen LogP contribution is -2.52. The number of imidazole rings is 1. The number of nitrogens with zero attached hydrogens (tertiary/aromatic N) is 2. The van der Waals surface area contributed by atoms with E-state index in [2.05, 4.69) is 5.32 Å². The lowest BCUT2D eigenvalue weighted by Gasteiger charge is -2.56. The topological polar surface area (TPSA) is 129 Å². The van der Waals surface area contributed by atoms with Crippen LogP contribution >= 0.6 is 0 Å². The fourth-order valence-corrected chi connectivity index (χ4v) is 8.89. The number of amides is 1. The Hall–Kier alpha value is -3.40. The molecular weight excluding hydrogens is 586 g/mol. The van der Waals surface area contributed by atoms with E-state index in [1.807, 2.05) is 20.8 Å². The van der Waals surface area contributed by atoms with Crippen molar-refractivity contribution >= 4 is 18.0 Å². The number of nitrogens with one attached hydrogen (secondary N) is 1. The van der Waals surface area contributed by atoms with Crippen molar-refractivity contribution in [2.24, 2.45) is 17.8 Å². The SMILES string of the molecule is COC(=O)c1cccc(C(C)NC(=O)c2nc(C3CCCCC3)n(C(=O)OC(C)(C)C)c2COC23CC4CC(CC(C4)C2)C3)c1O. The number of hydrogen-bond acceptors (Lipinski definition) is 8. The van der Waals surface area contributed by atoms with Crippen LogP contribution in [0.25, 0.3) is 0 Å². The number of esters is 1. The first kappa shape index (κ1) is 32.5. The first-order valence-electron chi connectivity index (χ1n) is 17.1. The number of phenols is 1. The van der Waals surface area contributed by atoms with Gasteiger partial charge in [0.05, 0.1) is 31.1 Å². The Morgan fingerprint density at radius 1 is 1.04 bits per heavy atom. The third kappa shape index (κ3) is 6.55. The van der Waals surface area contributed by atoms with Gasteiger partial charge in [0.1, 0.15) is 22.7 Å². The Bertz CT molecular complexity index is 1450. The molecular formula is C36H49N3O7. The summed E-state index contributed by atoms with van der Waals surface area (Å²) in [7, 11) is 1.25. The standard InChI is InChI=1S/C36H49N3O7/c1-21(26-12-9-13-27(30(26)40)33(42)44-5)37-32(41)29-28(20-45-36-17-22-14-23(18-36)16-24(15-22)19-36)39(34(43)46-35(2,3)4)31(38-29)25-10-7-6-8-11-25/h9,12-13,21-25,40H,6-8,10-11,14-20H2,1-5H3,(H,37,41). The molecule has 5 aliphatic carbocycles. The second-order valence-electron chi connectivity index (χ2n) is 15.2. The minimum absolute atomic E-state index is 0.0133. The van der Waals surface area contributed by atoms with Crippen molar-refractivity contribution in [3.8, 4) is 5.75 Å². The molecule has 46 heavy (non-hydrogen) atoms. The molecule has 0 saturated heterocycles. The van der Waals surface area contributed by atoms with E-state index in [9.17, 15) is 19.5 Å². The molecule has 1 heterocycles. The first-order valence-corrected chi connectivity index (χ1v) is 17.1. The van der Waals surface area contributed by atoms with Crippen molar-refractivity contribution in [2.75, 3.05) is 7.11 Å². The summed E-state index contributed by atoms with van der Waals surface area (Å²) in [6, 6.07) is 4.07. The van der Waals surface area contributed by atoms with Gasteiger partial charge in [0, 0.05) is 11.5 Å². The Kier molecular flexibility index (Phi) is 8.95. The van der Waals surface area contributed by atoms with Crippen LogP contribution in [0.2, 0.25) is 0 Å². The van der Waals surface area contributed by atoms with Crippen LogP contribution in [0.4, 0.5) is 4.79 Å². The summed E-state index contributed by atoms with van der Waals surface area (Å²) in [5.74, 6) is 1.18. The number of ether oxygens (including phenoxy) is 3. The van der Waals surface area contributed by atoms with Gasteiger partial charge in [-0.15, -0.1) is 0 Å². The summed E-state index contributed by atoms with van der Waals surface area (Å²) in [6.07, 6.45) is 11.3. The molecule has 7 rings (SSSR count). The third-order valence-electron chi connectivity index (χ3n) is 10.5. The van der Waals surface area contributed by atoms with Gasteiger partial charge in [0.15, 0.2) is 5.69 Å². The van der Waals surface area contributed by atoms with Crippen LogP contribution in [0, 0.1) is 17.8 Å². The minimum Gasteiger partial charge on any atom is -0.507 e. The molecule has 0 spiro atoms. The molecule has 2 aromatic rings. The van der Waals surface area contributed by atoms with E-state index in [1.165, 1.54) is 37.0 Å². The molecule has 5 aliphatic rings. The highest BCUT2D eigenvalue weighted by Gasteiger charge is 2.52. The molecule has 250 valence electrons. The summed E-state index contributed by atoms with van der Waals surface area (Å²) in [5.41, 5.74) is -0.0811. The van der Waals surface area contributed by atoms with Gasteiger partial charge < -0.3 is 24.6 Å². The zero-order valence-corrected chi connectivity index (χ0v) is 27.9. The maximum atomic E-state index is 14.1. The lowest BCUT2D eigenvalue weighted by atomic mass is 9.54. The van der Waals surface area contributed by atoms with Gasteiger partial charge in [-0.3, -0.25) is 4.79 Å². The molecule has 5 saturated carbocycles. The predicted molar refractivity (Wildman–Crippen MR) is 171 cm³/mol. The molecule has 1 unspecified atom stereocenters. The normalized spacial score (nSPS) is 26.5. The summed E-state index contributed by atoms with van der Waals surface area (Å²) < 4.78 is 19.1. The Labute approximate surface area is 271 Å². The van der Waals surface area contributed by atoms with Crippen LogP contribution < -0.4 is 5.32 Å². The molecule has 0 aliphatic heterocycles. The van der Waals surface area contributed by atoms with Crippen molar-refractivity contribution < 1.29 is 33.7 Å². The van der Waals surface area contributed by atoms with Crippen molar-refractivity contribution in [3.63, 3.8) is 0 Å². The van der Waals surface area contributed by atoms with Gasteiger partial charge in [0.2, 0.25) is 0 Å². The largest absolute Gasteiger partial charge is 0.507 e. The zero-order chi connectivity index (χ0) is 32.8. The fraction of sp³-hybridized carbons (Fsp3) is 0.667. The number of rotatable bonds is 8. The number of benzene rings is 1. The number of aromatic nitrogens is 2. The molecule has 5 fully saturated rings. The highest BCUT2D eigenvalue weighted by molar-refractivity contribution is 5.95. The Morgan fingerprint density at radius 3 is 2.26 bits per heavy atom. The second kappa shape index (κ2) is 12.7. The van der Waals surface area contributed by atoms with Crippen LogP contribution in [0.3, 0.4) is 0 Å². The highest BCUT2D eigenvalue weighted by Crippen LogP contribution is 2.57. The number of hydrogen-bond donors (Lipinski definition) is 2. The number of methoxy groups -OCH3 is 1. The molecule has 10 heteroatoms. The molecule has 10 nitrogen and oxygen atoms in total. The van der Waals surface area contributed by atoms with Gasteiger partial charge in [-0.25, -0.2) is 19.1 Å². The van der Waals surface area contributed by atoms with E-state index in [0.717, 1.165) is 51.4 Å². The monoisotopic (exact) mass is 635 g/mol. The number of aromatic hydroxyl groups is 1. The van der Waals surface area contributed by atoms with E-state index < -0.39 is 29.6 Å². The van der Waals surface area contributed by atoms with Gasteiger partial charge >= 0.3 is 12.1 Å². The summed E-state index contributed by atoms with van der Waals surface area (Å²) in [4.78, 5) is 45.2. The molecule has 1 atom stereocenters. The molecule has 1 aromatic heterocycles. The molecule has 1 amide bonds. The fourth-order valence-electron chi connectivity index (χ4n) is 8.89. The van der Waals surface area contributed by atoms with Crippen molar-refractivity contribution in [2.45, 2.75) is 128 Å². The van der Waals surface area contributed by atoms with Crippen LogP contribution in [0.5, 0.6) is 5.75 Å². The van der Waals surface area contributed by atoms with E-state index in [0.29, 0.717) is 34.8 Å². The average molecular weight is 636 g/mol. The first-order chi connectivity index (χ1) is 21.9. The number of para-hydroxylation sites is 1. The van der Waals surface area contributed by atoms with Crippen LogP contribution in [0.15, 0.2) is 18.2 Å². The van der Waals surface area contributed by atoms with Gasteiger partial charge in [-0.05, 0) is 103 Å². The number of phenolic OH excluding ortho intramolecular Hbond substituents is 1. The second-order valence-corrected chi connectivity index (χ2v) is 15.2. The van der Waals surface area contributed by atoms with Crippen molar-refractivity contribution in [1.82, 2.24) is 14.9 Å². The highest BCUT2D eigenvalue weighted by atomic mass is 16.6.